The molecule has 0 aliphatic heterocycles. The molecule has 2 rings (SSSR count). The highest BCUT2D eigenvalue weighted by Crippen LogP contribution is 2.21. The summed E-state index contributed by atoms with van der Waals surface area (Å²) in [4.78, 5) is 26.2. The molecule has 1 heterocycles. The predicted octanol–water partition coefficient (Wildman–Crippen LogP) is 2.74. The Morgan fingerprint density at radius 1 is 1.21 bits per heavy atom. The summed E-state index contributed by atoms with van der Waals surface area (Å²) >= 11 is 0. The second-order valence-corrected chi connectivity index (χ2v) is 5.11. The van der Waals surface area contributed by atoms with Gasteiger partial charge in [0, 0.05) is 22.6 Å². The Hall–Kier alpha value is -2.10. The second kappa shape index (κ2) is 4.88. The summed E-state index contributed by atoms with van der Waals surface area (Å²) in [5, 5.41) is 3.83. The fraction of sp³-hybridized carbons (Fsp3) is 0.333. The highest BCUT2D eigenvalue weighted by molar-refractivity contribution is 5.95. The number of H-pyrrole nitrogens is 1. The first kappa shape index (κ1) is 13.3. The van der Waals surface area contributed by atoms with Gasteiger partial charge in [0.2, 0.25) is 5.91 Å². The number of nitrogens with one attached hydrogen (secondary N) is 2. The van der Waals surface area contributed by atoms with E-state index < -0.39 is 0 Å². The van der Waals surface area contributed by atoms with Crippen LogP contribution >= 0.6 is 0 Å². The minimum Gasteiger partial charge on any atom is -0.326 e. The molecule has 0 aliphatic rings. The van der Waals surface area contributed by atoms with Crippen molar-refractivity contribution in [1.29, 1.82) is 0 Å². The van der Waals surface area contributed by atoms with Crippen molar-refractivity contribution in [2.45, 2.75) is 27.7 Å². The second-order valence-electron chi connectivity index (χ2n) is 5.11. The van der Waals surface area contributed by atoms with Crippen molar-refractivity contribution < 1.29 is 4.79 Å². The van der Waals surface area contributed by atoms with Crippen molar-refractivity contribution in [1.82, 2.24) is 4.98 Å². The van der Waals surface area contributed by atoms with E-state index in [1.807, 2.05) is 39.8 Å². The molecule has 1 aromatic heterocycles. The highest BCUT2D eigenvalue weighted by Gasteiger charge is 2.09. The van der Waals surface area contributed by atoms with Crippen molar-refractivity contribution >= 4 is 22.5 Å². The van der Waals surface area contributed by atoms with Gasteiger partial charge in [-0.1, -0.05) is 19.9 Å². The minimum atomic E-state index is -0.0858. The highest BCUT2D eigenvalue weighted by atomic mass is 16.1. The number of amides is 1. The van der Waals surface area contributed by atoms with Crippen molar-refractivity contribution in [3.63, 3.8) is 0 Å². The number of fused-ring (bicyclic) bond motifs is 1. The summed E-state index contributed by atoms with van der Waals surface area (Å²) < 4.78 is 0. The van der Waals surface area contributed by atoms with E-state index in [0.717, 1.165) is 22.0 Å². The van der Waals surface area contributed by atoms with Crippen LogP contribution in [0.2, 0.25) is 0 Å². The number of benzene rings is 1. The molecule has 1 amide bonds. The van der Waals surface area contributed by atoms with Crippen LogP contribution in [-0.4, -0.2) is 10.9 Å². The summed E-state index contributed by atoms with van der Waals surface area (Å²) in [5.41, 5.74) is 3.06. The van der Waals surface area contributed by atoms with Crippen LogP contribution in [0.5, 0.6) is 0 Å². The van der Waals surface area contributed by atoms with Crippen LogP contribution in [0.15, 0.2) is 23.0 Å². The molecule has 1 aromatic carbocycles. The third kappa shape index (κ3) is 2.52. The molecular weight excluding hydrogens is 240 g/mol. The summed E-state index contributed by atoms with van der Waals surface area (Å²) in [6.45, 7) is 7.42. The first-order valence-electron chi connectivity index (χ1n) is 6.34. The molecule has 0 saturated heterocycles. The Morgan fingerprint density at radius 3 is 2.53 bits per heavy atom. The summed E-state index contributed by atoms with van der Waals surface area (Å²) in [6, 6.07) is 5.57. The largest absolute Gasteiger partial charge is 0.326 e. The third-order valence-electron chi connectivity index (χ3n) is 3.37. The normalized spacial score (nSPS) is 11.0. The van der Waals surface area contributed by atoms with Gasteiger partial charge in [-0.05, 0) is 31.5 Å². The lowest BCUT2D eigenvalue weighted by Crippen LogP contribution is -2.18. The van der Waals surface area contributed by atoms with Gasteiger partial charge >= 0.3 is 0 Å². The third-order valence-corrected chi connectivity index (χ3v) is 3.37. The van der Waals surface area contributed by atoms with E-state index in [2.05, 4.69) is 10.3 Å². The number of anilines is 1. The molecule has 2 aromatic rings. The van der Waals surface area contributed by atoms with E-state index in [0.29, 0.717) is 5.69 Å². The van der Waals surface area contributed by atoms with E-state index in [9.17, 15) is 9.59 Å². The van der Waals surface area contributed by atoms with Crippen LogP contribution in [0.25, 0.3) is 10.9 Å². The van der Waals surface area contributed by atoms with E-state index in [1.54, 1.807) is 6.07 Å². The van der Waals surface area contributed by atoms with Crippen molar-refractivity contribution in [3.05, 3.63) is 39.7 Å². The molecule has 4 nitrogen and oxygen atoms in total. The van der Waals surface area contributed by atoms with Crippen LogP contribution in [0.1, 0.15) is 25.0 Å². The zero-order valence-electron chi connectivity index (χ0n) is 11.6. The number of carbonyl (C=O) groups excluding carboxylic acids is 1. The van der Waals surface area contributed by atoms with Crippen LogP contribution in [0.3, 0.4) is 0 Å². The zero-order valence-corrected chi connectivity index (χ0v) is 11.6. The fourth-order valence-electron chi connectivity index (χ4n) is 1.93. The number of aryl methyl sites for hydroxylation is 1. The van der Waals surface area contributed by atoms with Crippen molar-refractivity contribution in [3.8, 4) is 0 Å². The molecule has 0 radical (unpaired) electrons. The van der Waals surface area contributed by atoms with E-state index in [-0.39, 0.29) is 17.4 Å². The standard InChI is InChI=1S/C15H18N2O2/c1-8(2)14(18)16-11-5-6-12-9(3)10(4)15(19)17-13(12)7-11/h5-8H,1-4H3,(H,16,18)(H,17,19). The molecule has 0 unspecified atom stereocenters. The van der Waals surface area contributed by atoms with Gasteiger partial charge in [-0.15, -0.1) is 0 Å². The minimum absolute atomic E-state index is 0.0365. The quantitative estimate of drug-likeness (QED) is 0.870. The maximum Gasteiger partial charge on any atom is 0.251 e. The molecule has 0 atom stereocenters. The lowest BCUT2D eigenvalue weighted by atomic mass is 10.1. The maximum absolute atomic E-state index is 11.8. The number of hydrogen-bond acceptors (Lipinski definition) is 2. The number of hydrogen-bond donors (Lipinski definition) is 2. The number of rotatable bonds is 2. The molecule has 0 fully saturated rings. The number of pyridine rings is 1. The molecule has 2 N–H and O–H groups in total. The molecule has 0 bridgehead atoms. The van der Waals surface area contributed by atoms with Crippen molar-refractivity contribution in [2.24, 2.45) is 5.92 Å². The Kier molecular flexibility index (Phi) is 3.42. The first-order valence-corrected chi connectivity index (χ1v) is 6.34. The fourth-order valence-corrected chi connectivity index (χ4v) is 1.93. The average Bonchev–Trinajstić information content (AvgIpc) is 2.35. The lowest BCUT2D eigenvalue weighted by molar-refractivity contribution is -0.118. The molecule has 0 aliphatic carbocycles. The van der Waals surface area contributed by atoms with Crippen LogP contribution in [0.4, 0.5) is 5.69 Å². The Balaban J connectivity index is 2.50. The molecular formula is C15H18N2O2. The zero-order chi connectivity index (χ0) is 14.2. The van der Waals surface area contributed by atoms with Gasteiger partial charge in [0.1, 0.15) is 0 Å². The SMILES string of the molecule is Cc1c(C)c2ccc(NC(=O)C(C)C)cc2[nH]c1=O. The first-order chi connectivity index (χ1) is 8.90. The lowest BCUT2D eigenvalue weighted by Gasteiger charge is -2.10. The average molecular weight is 258 g/mol. The molecule has 4 heteroatoms. The number of aromatic amines is 1. The Morgan fingerprint density at radius 2 is 1.89 bits per heavy atom. The molecule has 0 saturated carbocycles. The number of carbonyl (C=O) groups is 1. The predicted molar refractivity (Wildman–Crippen MR) is 77.5 cm³/mol. The monoisotopic (exact) mass is 258 g/mol. The van der Waals surface area contributed by atoms with Gasteiger partial charge in [-0.25, -0.2) is 0 Å². The van der Waals surface area contributed by atoms with Crippen molar-refractivity contribution in [2.75, 3.05) is 5.32 Å². The number of aromatic nitrogens is 1. The smallest absolute Gasteiger partial charge is 0.251 e. The van der Waals surface area contributed by atoms with Gasteiger partial charge < -0.3 is 10.3 Å². The van der Waals surface area contributed by atoms with Crippen LogP contribution < -0.4 is 10.9 Å². The molecule has 100 valence electrons. The van der Waals surface area contributed by atoms with E-state index in [4.69, 9.17) is 0 Å². The topological polar surface area (TPSA) is 62.0 Å². The van der Waals surface area contributed by atoms with Gasteiger partial charge in [0.25, 0.3) is 5.56 Å². The maximum atomic E-state index is 11.8. The van der Waals surface area contributed by atoms with Gasteiger partial charge in [-0.2, -0.15) is 0 Å². The van der Waals surface area contributed by atoms with Gasteiger partial charge in [0.05, 0.1) is 5.52 Å². The van der Waals surface area contributed by atoms with E-state index in [1.165, 1.54) is 0 Å². The van der Waals surface area contributed by atoms with Crippen LogP contribution in [-0.2, 0) is 4.79 Å². The van der Waals surface area contributed by atoms with Crippen LogP contribution in [0, 0.1) is 19.8 Å². The molecule has 0 spiro atoms. The Labute approximate surface area is 111 Å². The molecule has 19 heavy (non-hydrogen) atoms. The summed E-state index contributed by atoms with van der Waals surface area (Å²) in [7, 11) is 0. The van der Waals surface area contributed by atoms with Gasteiger partial charge in [-0.3, -0.25) is 9.59 Å². The van der Waals surface area contributed by atoms with E-state index >= 15 is 0 Å². The van der Waals surface area contributed by atoms with Gasteiger partial charge in [0.15, 0.2) is 0 Å². The Bertz CT molecular complexity index is 699. The summed E-state index contributed by atoms with van der Waals surface area (Å²) in [5.74, 6) is -0.111. The summed E-state index contributed by atoms with van der Waals surface area (Å²) in [6.07, 6.45) is 0.